The normalized spacial score (nSPS) is 24.2. The van der Waals surface area contributed by atoms with Crippen molar-refractivity contribution in [2.75, 3.05) is 19.3 Å². The van der Waals surface area contributed by atoms with E-state index in [1.807, 2.05) is 0 Å². The molecule has 1 aromatic rings. The Kier molecular flexibility index (Phi) is 2.28. The summed E-state index contributed by atoms with van der Waals surface area (Å²) in [6, 6.07) is 0.132. The molecule has 1 fully saturated rings. The first kappa shape index (κ1) is 9.60. The summed E-state index contributed by atoms with van der Waals surface area (Å²) in [6.07, 6.45) is 5.40. The van der Waals surface area contributed by atoms with Crippen LogP contribution in [0.25, 0.3) is 0 Å². The van der Waals surface area contributed by atoms with Crippen LogP contribution in [-0.2, 0) is 10.0 Å². The summed E-state index contributed by atoms with van der Waals surface area (Å²) in [5.41, 5.74) is 0. The maximum atomic E-state index is 11.2. The van der Waals surface area contributed by atoms with Gasteiger partial charge in [-0.3, -0.25) is 0 Å². The van der Waals surface area contributed by atoms with Crippen LogP contribution in [0.1, 0.15) is 12.5 Å². The molecule has 0 radical (unpaired) electrons. The molecule has 2 rings (SSSR count). The van der Waals surface area contributed by atoms with Crippen molar-refractivity contribution in [3.63, 3.8) is 0 Å². The summed E-state index contributed by atoms with van der Waals surface area (Å²) >= 11 is 0. The third-order valence-corrected chi connectivity index (χ3v) is 3.68. The lowest BCUT2D eigenvalue weighted by Crippen LogP contribution is -2.28. The molecule has 1 saturated heterocycles. The topological polar surface area (TPSA) is 68.1 Å². The molecule has 0 N–H and O–H groups in total. The molecule has 0 saturated carbocycles. The number of hydrogen-bond acceptors (Lipinski definition) is 4. The van der Waals surface area contributed by atoms with Crippen LogP contribution in [0.4, 0.5) is 0 Å². The highest BCUT2D eigenvalue weighted by atomic mass is 32.2. The quantitative estimate of drug-likeness (QED) is 0.667. The van der Waals surface area contributed by atoms with E-state index in [-0.39, 0.29) is 6.04 Å². The summed E-state index contributed by atoms with van der Waals surface area (Å²) in [7, 11) is -3.05. The van der Waals surface area contributed by atoms with Gasteiger partial charge in [-0.15, -0.1) is 5.10 Å². The molecule has 6 nitrogen and oxygen atoms in total. The van der Waals surface area contributed by atoms with Gasteiger partial charge in [0.15, 0.2) is 0 Å². The van der Waals surface area contributed by atoms with Crippen molar-refractivity contribution in [1.82, 2.24) is 19.3 Å². The summed E-state index contributed by atoms with van der Waals surface area (Å²) in [5, 5.41) is 7.56. The minimum absolute atomic E-state index is 0.132. The molecule has 1 aliphatic heterocycles. The van der Waals surface area contributed by atoms with E-state index >= 15 is 0 Å². The highest BCUT2D eigenvalue weighted by Crippen LogP contribution is 2.21. The Balaban J connectivity index is 2.10. The SMILES string of the molecule is CS(=O)(=O)N1CCC(n2ccnn2)C1. The zero-order chi connectivity index (χ0) is 10.2. The summed E-state index contributed by atoms with van der Waals surface area (Å²) < 4.78 is 25.6. The fourth-order valence-electron chi connectivity index (χ4n) is 1.64. The predicted molar refractivity (Wildman–Crippen MR) is 50.1 cm³/mol. The molecule has 14 heavy (non-hydrogen) atoms. The number of aromatic nitrogens is 3. The average Bonchev–Trinajstić information content (AvgIpc) is 2.73. The van der Waals surface area contributed by atoms with Crippen LogP contribution in [0.3, 0.4) is 0 Å². The van der Waals surface area contributed by atoms with Gasteiger partial charge in [0.1, 0.15) is 0 Å². The van der Waals surface area contributed by atoms with Gasteiger partial charge in [0.25, 0.3) is 0 Å². The highest BCUT2D eigenvalue weighted by molar-refractivity contribution is 7.88. The smallest absolute Gasteiger partial charge is 0.211 e. The molecular formula is C7H12N4O2S. The van der Waals surface area contributed by atoms with E-state index in [1.54, 1.807) is 17.1 Å². The Morgan fingerprint density at radius 3 is 2.79 bits per heavy atom. The zero-order valence-electron chi connectivity index (χ0n) is 7.87. The summed E-state index contributed by atoms with van der Waals surface area (Å²) in [6.45, 7) is 1.07. The number of hydrogen-bond donors (Lipinski definition) is 0. The van der Waals surface area contributed by atoms with Gasteiger partial charge in [-0.2, -0.15) is 4.31 Å². The van der Waals surface area contributed by atoms with Gasteiger partial charge in [-0.1, -0.05) is 5.21 Å². The van der Waals surface area contributed by atoms with Gasteiger partial charge in [-0.25, -0.2) is 13.1 Å². The van der Waals surface area contributed by atoms with E-state index in [9.17, 15) is 8.42 Å². The second-order valence-corrected chi connectivity index (χ2v) is 5.43. The number of sulfonamides is 1. The van der Waals surface area contributed by atoms with Gasteiger partial charge < -0.3 is 0 Å². The van der Waals surface area contributed by atoms with Crippen LogP contribution < -0.4 is 0 Å². The van der Waals surface area contributed by atoms with Crippen LogP contribution in [-0.4, -0.2) is 47.1 Å². The first-order chi connectivity index (χ1) is 6.57. The predicted octanol–water partition coefficient (Wildman–Crippen LogP) is -0.516. The first-order valence-electron chi connectivity index (χ1n) is 4.38. The van der Waals surface area contributed by atoms with Crippen molar-refractivity contribution >= 4 is 10.0 Å². The molecule has 1 aromatic heterocycles. The Morgan fingerprint density at radius 1 is 1.50 bits per heavy atom. The fourth-order valence-corrected chi connectivity index (χ4v) is 2.52. The van der Waals surface area contributed by atoms with Gasteiger partial charge >= 0.3 is 0 Å². The van der Waals surface area contributed by atoms with E-state index in [2.05, 4.69) is 10.3 Å². The van der Waals surface area contributed by atoms with Gasteiger partial charge in [0.2, 0.25) is 10.0 Å². The third kappa shape index (κ3) is 1.78. The van der Waals surface area contributed by atoms with Crippen LogP contribution in [0.5, 0.6) is 0 Å². The van der Waals surface area contributed by atoms with E-state index in [0.29, 0.717) is 13.1 Å². The van der Waals surface area contributed by atoms with Crippen molar-refractivity contribution < 1.29 is 8.42 Å². The van der Waals surface area contributed by atoms with Crippen molar-refractivity contribution in [1.29, 1.82) is 0 Å². The molecule has 78 valence electrons. The van der Waals surface area contributed by atoms with Crippen LogP contribution in [0, 0.1) is 0 Å². The van der Waals surface area contributed by atoms with Crippen LogP contribution in [0.2, 0.25) is 0 Å². The standard InChI is InChI=1S/C7H12N4O2S/c1-14(12,13)10-4-2-7(6-10)11-5-3-8-9-11/h3,5,7H,2,4,6H2,1H3. The van der Waals surface area contributed by atoms with E-state index in [0.717, 1.165) is 6.42 Å². The summed E-state index contributed by atoms with van der Waals surface area (Å²) in [4.78, 5) is 0. The lowest BCUT2D eigenvalue weighted by atomic mass is 10.3. The monoisotopic (exact) mass is 216 g/mol. The molecule has 0 amide bonds. The minimum atomic E-state index is -3.05. The number of rotatable bonds is 2. The Morgan fingerprint density at radius 2 is 2.29 bits per heavy atom. The summed E-state index contributed by atoms with van der Waals surface area (Å²) in [5.74, 6) is 0. The number of nitrogens with zero attached hydrogens (tertiary/aromatic N) is 4. The van der Waals surface area contributed by atoms with E-state index in [4.69, 9.17) is 0 Å². The fraction of sp³-hybridized carbons (Fsp3) is 0.714. The molecular weight excluding hydrogens is 204 g/mol. The lowest BCUT2D eigenvalue weighted by Gasteiger charge is -2.12. The molecule has 1 unspecified atom stereocenters. The van der Waals surface area contributed by atoms with Crippen molar-refractivity contribution in [2.24, 2.45) is 0 Å². The van der Waals surface area contributed by atoms with Crippen molar-refractivity contribution in [3.8, 4) is 0 Å². The Labute approximate surface area is 82.6 Å². The lowest BCUT2D eigenvalue weighted by molar-refractivity contribution is 0.431. The second kappa shape index (κ2) is 3.32. The maximum absolute atomic E-state index is 11.2. The molecule has 1 aliphatic rings. The molecule has 7 heteroatoms. The molecule has 0 bridgehead atoms. The second-order valence-electron chi connectivity index (χ2n) is 3.45. The van der Waals surface area contributed by atoms with Crippen molar-refractivity contribution in [3.05, 3.63) is 12.4 Å². The van der Waals surface area contributed by atoms with Gasteiger partial charge in [-0.05, 0) is 6.42 Å². The maximum Gasteiger partial charge on any atom is 0.211 e. The Bertz CT molecular complexity index is 399. The van der Waals surface area contributed by atoms with Gasteiger partial charge in [0, 0.05) is 19.3 Å². The third-order valence-electron chi connectivity index (χ3n) is 2.41. The van der Waals surface area contributed by atoms with E-state index < -0.39 is 10.0 Å². The molecule has 0 spiro atoms. The van der Waals surface area contributed by atoms with Crippen LogP contribution >= 0.6 is 0 Å². The molecule has 1 atom stereocenters. The van der Waals surface area contributed by atoms with E-state index in [1.165, 1.54) is 10.6 Å². The van der Waals surface area contributed by atoms with Gasteiger partial charge in [0.05, 0.1) is 18.5 Å². The molecule has 2 heterocycles. The van der Waals surface area contributed by atoms with Crippen molar-refractivity contribution in [2.45, 2.75) is 12.5 Å². The largest absolute Gasteiger partial charge is 0.248 e. The average molecular weight is 216 g/mol. The van der Waals surface area contributed by atoms with Crippen LogP contribution in [0.15, 0.2) is 12.4 Å². The first-order valence-corrected chi connectivity index (χ1v) is 6.23. The Hall–Kier alpha value is -0.950. The zero-order valence-corrected chi connectivity index (χ0v) is 8.68. The molecule has 0 aliphatic carbocycles. The minimum Gasteiger partial charge on any atom is -0.248 e. The highest BCUT2D eigenvalue weighted by Gasteiger charge is 2.29. The molecule has 0 aromatic carbocycles.